The SMILES string of the molecule is CC(C)c1cccc(C(C)C)c1NC(=O)COC(=O)/C=C/c1cccc(Cl)c1. The van der Waals surface area contributed by atoms with Crippen LogP contribution in [0.15, 0.2) is 48.5 Å². The van der Waals surface area contributed by atoms with Gasteiger partial charge in [0.25, 0.3) is 5.91 Å². The summed E-state index contributed by atoms with van der Waals surface area (Å²) in [5.41, 5.74) is 3.71. The molecule has 0 unspecified atom stereocenters. The first-order valence-corrected chi connectivity index (χ1v) is 9.68. The molecule has 0 saturated heterocycles. The van der Waals surface area contributed by atoms with Gasteiger partial charge >= 0.3 is 5.97 Å². The average Bonchev–Trinajstić information content (AvgIpc) is 2.64. The molecule has 0 fully saturated rings. The Kier molecular flexibility index (Phi) is 7.82. The molecule has 1 N–H and O–H groups in total. The lowest BCUT2D eigenvalue weighted by molar-refractivity contribution is -0.142. The molecule has 148 valence electrons. The van der Waals surface area contributed by atoms with Gasteiger partial charge in [-0.25, -0.2) is 4.79 Å². The van der Waals surface area contributed by atoms with E-state index in [-0.39, 0.29) is 24.3 Å². The van der Waals surface area contributed by atoms with E-state index in [1.807, 2.05) is 24.3 Å². The van der Waals surface area contributed by atoms with E-state index in [1.54, 1.807) is 24.3 Å². The zero-order valence-electron chi connectivity index (χ0n) is 16.7. The number of para-hydroxylation sites is 1. The van der Waals surface area contributed by atoms with Crippen LogP contribution in [0.3, 0.4) is 0 Å². The van der Waals surface area contributed by atoms with Crippen molar-refractivity contribution < 1.29 is 14.3 Å². The molecule has 0 aliphatic heterocycles. The van der Waals surface area contributed by atoms with Crippen LogP contribution >= 0.6 is 11.6 Å². The highest BCUT2D eigenvalue weighted by Crippen LogP contribution is 2.32. The molecule has 1 amide bonds. The number of benzene rings is 2. The Morgan fingerprint density at radius 2 is 1.64 bits per heavy atom. The van der Waals surface area contributed by atoms with Gasteiger partial charge in [0.2, 0.25) is 0 Å². The molecular formula is C23H26ClNO3. The smallest absolute Gasteiger partial charge is 0.331 e. The Hall–Kier alpha value is -2.59. The van der Waals surface area contributed by atoms with Crippen LogP contribution in [0.2, 0.25) is 5.02 Å². The molecular weight excluding hydrogens is 374 g/mol. The lowest BCUT2D eigenvalue weighted by Gasteiger charge is -2.20. The first-order chi connectivity index (χ1) is 13.3. The number of amides is 1. The average molecular weight is 400 g/mol. The second-order valence-electron chi connectivity index (χ2n) is 7.17. The van der Waals surface area contributed by atoms with Crippen LogP contribution in [-0.4, -0.2) is 18.5 Å². The summed E-state index contributed by atoms with van der Waals surface area (Å²) < 4.78 is 5.06. The maximum Gasteiger partial charge on any atom is 0.331 e. The molecule has 2 rings (SSSR count). The lowest BCUT2D eigenvalue weighted by Crippen LogP contribution is -2.22. The Balaban J connectivity index is 2.00. The third-order valence-electron chi connectivity index (χ3n) is 4.24. The number of anilines is 1. The van der Waals surface area contributed by atoms with Gasteiger partial charge in [-0.15, -0.1) is 0 Å². The van der Waals surface area contributed by atoms with E-state index in [4.69, 9.17) is 16.3 Å². The molecule has 0 heterocycles. The minimum absolute atomic E-state index is 0.261. The van der Waals surface area contributed by atoms with Gasteiger partial charge in [-0.05, 0) is 46.7 Å². The van der Waals surface area contributed by atoms with Crippen LogP contribution in [0.5, 0.6) is 0 Å². The number of rotatable bonds is 7. The molecule has 0 aromatic heterocycles. The fourth-order valence-corrected chi connectivity index (χ4v) is 3.03. The van der Waals surface area contributed by atoms with E-state index in [2.05, 4.69) is 33.0 Å². The summed E-state index contributed by atoms with van der Waals surface area (Å²) in [4.78, 5) is 24.2. The highest BCUT2D eigenvalue weighted by atomic mass is 35.5. The van der Waals surface area contributed by atoms with Crippen molar-refractivity contribution in [3.05, 3.63) is 70.3 Å². The van der Waals surface area contributed by atoms with Gasteiger partial charge < -0.3 is 10.1 Å². The third kappa shape index (κ3) is 6.24. The van der Waals surface area contributed by atoms with E-state index in [1.165, 1.54) is 6.08 Å². The first kappa shape index (κ1) is 21.7. The fourth-order valence-electron chi connectivity index (χ4n) is 2.83. The fraction of sp³-hybridized carbons (Fsp3) is 0.304. The molecule has 0 aliphatic rings. The maximum atomic E-state index is 12.4. The molecule has 0 bridgehead atoms. The summed E-state index contributed by atoms with van der Waals surface area (Å²) in [7, 11) is 0. The van der Waals surface area contributed by atoms with Gasteiger partial charge in [0.15, 0.2) is 6.61 Å². The summed E-state index contributed by atoms with van der Waals surface area (Å²) in [6, 6.07) is 13.1. The van der Waals surface area contributed by atoms with Gasteiger partial charge in [0.05, 0.1) is 0 Å². The Morgan fingerprint density at radius 3 is 2.21 bits per heavy atom. The standard InChI is InChI=1S/C23H26ClNO3/c1-15(2)19-9-6-10-20(16(3)4)23(19)25-21(26)14-28-22(27)12-11-17-7-5-8-18(24)13-17/h5-13,15-16H,14H2,1-4H3,(H,25,26)/b12-11+. The molecule has 2 aromatic rings. The molecule has 2 aromatic carbocycles. The number of hydrogen-bond acceptors (Lipinski definition) is 3. The van der Waals surface area contributed by atoms with Gasteiger partial charge in [-0.3, -0.25) is 4.79 Å². The molecule has 0 atom stereocenters. The van der Waals surface area contributed by atoms with Crippen LogP contribution in [0, 0.1) is 0 Å². The number of esters is 1. The summed E-state index contributed by atoms with van der Waals surface area (Å²) in [6.07, 6.45) is 2.87. The number of carbonyl (C=O) groups excluding carboxylic acids is 2. The Bertz CT molecular complexity index is 846. The number of carbonyl (C=O) groups is 2. The number of hydrogen-bond donors (Lipinski definition) is 1. The quantitative estimate of drug-likeness (QED) is 0.474. The molecule has 0 saturated carbocycles. The van der Waals surface area contributed by atoms with Crippen molar-refractivity contribution in [2.75, 3.05) is 11.9 Å². The second-order valence-corrected chi connectivity index (χ2v) is 7.60. The molecule has 0 aliphatic carbocycles. The maximum absolute atomic E-state index is 12.4. The summed E-state index contributed by atoms with van der Waals surface area (Å²) in [5.74, 6) is -0.426. The van der Waals surface area contributed by atoms with E-state index in [9.17, 15) is 9.59 Å². The van der Waals surface area contributed by atoms with E-state index < -0.39 is 5.97 Å². The zero-order valence-corrected chi connectivity index (χ0v) is 17.4. The number of ether oxygens (including phenoxy) is 1. The topological polar surface area (TPSA) is 55.4 Å². The summed E-state index contributed by atoms with van der Waals surface area (Å²) in [6.45, 7) is 7.97. The first-order valence-electron chi connectivity index (χ1n) is 9.31. The van der Waals surface area contributed by atoms with Crippen LogP contribution in [0.25, 0.3) is 6.08 Å². The number of nitrogens with one attached hydrogen (secondary N) is 1. The van der Waals surface area contributed by atoms with Crippen molar-refractivity contribution in [2.24, 2.45) is 0 Å². The van der Waals surface area contributed by atoms with Crippen LogP contribution in [0.4, 0.5) is 5.69 Å². The second kappa shape index (κ2) is 10.1. The lowest BCUT2D eigenvalue weighted by atomic mass is 9.92. The predicted molar refractivity (Wildman–Crippen MR) is 115 cm³/mol. The number of halogens is 1. The van der Waals surface area contributed by atoms with E-state index in [0.29, 0.717) is 5.02 Å². The van der Waals surface area contributed by atoms with Crippen LogP contribution < -0.4 is 5.32 Å². The van der Waals surface area contributed by atoms with Crippen molar-refractivity contribution in [1.82, 2.24) is 0 Å². The molecule has 5 heteroatoms. The predicted octanol–water partition coefficient (Wildman–Crippen LogP) is 5.78. The van der Waals surface area contributed by atoms with Crippen molar-refractivity contribution in [1.29, 1.82) is 0 Å². The largest absolute Gasteiger partial charge is 0.452 e. The van der Waals surface area contributed by atoms with Gasteiger partial charge in [0.1, 0.15) is 0 Å². The van der Waals surface area contributed by atoms with Gasteiger partial charge in [-0.1, -0.05) is 69.6 Å². The van der Waals surface area contributed by atoms with E-state index >= 15 is 0 Å². The van der Waals surface area contributed by atoms with Crippen LogP contribution in [-0.2, 0) is 14.3 Å². The molecule has 0 radical (unpaired) electrons. The van der Waals surface area contributed by atoms with Gasteiger partial charge in [0, 0.05) is 16.8 Å². The third-order valence-corrected chi connectivity index (χ3v) is 4.48. The highest BCUT2D eigenvalue weighted by molar-refractivity contribution is 6.30. The monoisotopic (exact) mass is 399 g/mol. The Morgan fingerprint density at radius 1 is 1.04 bits per heavy atom. The van der Waals surface area contributed by atoms with E-state index in [0.717, 1.165) is 22.4 Å². The Labute approximate surface area is 171 Å². The molecule has 28 heavy (non-hydrogen) atoms. The normalized spacial score (nSPS) is 11.2. The minimum atomic E-state index is -0.587. The molecule has 4 nitrogen and oxygen atoms in total. The summed E-state index contributed by atoms with van der Waals surface area (Å²) >= 11 is 5.91. The van der Waals surface area contributed by atoms with Crippen LogP contribution in [0.1, 0.15) is 56.2 Å². The zero-order chi connectivity index (χ0) is 20.7. The van der Waals surface area contributed by atoms with Gasteiger partial charge in [-0.2, -0.15) is 0 Å². The van der Waals surface area contributed by atoms with Crippen molar-refractivity contribution in [3.63, 3.8) is 0 Å². The highest BCUT2D eigenvalue weighted by Gasteiger charge is 2.16. The van der Waals surface area contributed by atoms with Crippen molar-refractivity contribution in [3.8, 4) is 0 Å². The van der Waals surface area contributed by atoms with Crippen molar-refractivity contribution >= 4 is 35.2 Å². The summed E-state index contributed by atoms with van der Waals surface area (Å²) in [5, 5.41) is 3.50. The van der Waals surface area contributed by atoms with Crippen molar-refractivity contribution in [2.45, 2.75) is 39.5 Å². The minimum Gasteiger partial charge on any atom is -0.452 e. The molecule has 0 spiro atoms.